The van der Waals surface area contributed by atoms with E-state index in [2.05, 4.69) is 0 Å². The average molecular weight is 272 g/mol. The molecule has 1 atom stereocenters. The number of benzene rings is 1. The quantitative estimate of drug-likeness (QED) is 0.794. The van der Waals surface area contributed by atoms with Crippen molar-refractivity contribution in [2.75, 3.05) is 0 Å². The Morgan fingerprint density at radius 1 is 1.33 bits per heavy atom. The fourth-order valence-electron chi connectivity index (χ4n) is 1.06. The number of nitrogens with one attached hydrogen (secondary N) is 2. The van der Waals surface area contributed by atoms with Crippen LogP contribution in [-0.4, -0.2) is 20.6 Å². The Kier molecular flexibility index (Phi) is 5.11. The molecule has 1 rings (SSSR count). The maximum absolute atomic E-state index is 11.7. The maximum Gasteiger partial charge on any atom is 0.422 e. The van der Waals surface area contributed by atoms with E-state index < -0.39 is 16.1 Å². The van der Waals surface area contributed by atoms with E-state index in [1.165, 1.54) is 12.1 Å². The summed E-state index contributed by atoms with van der Waals surface area (Å²) < 4.78 is 28.3. The highest BCUT2D eigenvalue weighted by Gasteiger charge is 2.15. The lowest BCUT2D eigenvalue weighted by atomic mass is 10.3. The second kappa shape index (κ2) is 6.36. The van der Waals surface area contributed by atoms with Crippen molar-refractivity contribution in [3.8, 4) is 0 Å². The van der Waals surface area contributed by atoms with Crippen molar-refractivity contribution in [3.63, 3.8) is 0 Å². The normalized spacial score (nSPS) is 12.8. The van der Waals surface area contributed by atoms with Crippen LogP contribution in [-0.2, 0) is 14.8 Å². The molecule has 1 unspecified atom stereocenters. The minimum Gasteiger partial charge on any atom is -0.446 e. The molecule has 0 aliphatic carbocycles. The van der Waals surface area contributed by atoms with E-state index in [1.807, 2.05) is 17.2 Å². The van der Waals surface area contributed by atoms with Crippen molar-refractivity contribution in [1.82, 2.24) is 10.3 Å². The van der Waals surface area contributed by atoms with Gasteiger partial charge in [0, 0.05) is 0 Å². The summed E-state index contributed by atoms with van der Waals surface area (Å²) in [5.41, 5.74) is 1.99. The molecule has 1 amide bonds. The van der Waals surface area contributed by atoms with E-state index in [0.717, 1.165) is 0 Å². The molecule has 18 heavy (non-hydrogen) atoms. The van der Waals surface area contributed by atoms with Gasteiger partial charge in [0.2, 0.25) is 0 Å². The van der Waals surface area contributed by atoms with Gasteiger partial charge in [0.15, 0.2) is 0 Å². The Bertz CT molecular complexity index is 487. The van der Waals surface area contributed by atoms with E-state index >= 15 is 0 Å². The van der Waals surface area contributed by atoms with Gasteiger partial charge >= 0.3 is 6.09 Å². The van der Waals surface area contributed by atoms with Gasteiger partial charge in [0.25, 0.3) is 10.0 Å². The predicted molar refractivity (Wildman–Crippen MR) is 66.1 cm³/mol. The first-order valence-electron chi connectivity index (χ1n) is 5.49. The molecular formula is C11H16N2O4S. The van der Waals surface area contributed by atoms with Gasteiger partial charge in [-0.05, 0) is 25.5 Å². The molecule has 1 aromatic rings. The number of carbonyl (C=O) groups is 1. The second-order valence-electron chi connectivity index (χ2n) is 3.67. The molecule has 0 saturated carbocycles. The number of hydrazine groups is 1. The summed E-state index contributed by atoms with van der Waals surface area (Å²) in [6, 6.07) is 7.72. The molecular weight excluding hydrogens is 256 g/mol. The SMILES string of the molecule is CCC(C)OC(=O)NNS(=O)(=O)c1ccccc1. The summed E-state index contributed by atoms with van der Waals surface area (Å²) in [4.78, 5) is 13.2. The Balaban J connectivity index is 2.56. The molecule has 0 saturated heterocycles. The highest BCUT2D eigenvalue weighted by Crippen LogP contribution is 2.05. The third-order valence-corrected chi connectivity index (χ3v) is 3.49. The highest BCUT2D eigenvalue weighted by atomic mass is 32.2. The van der Waals surface area contributed by atoms with Crippen LogP contribution in [0.25, 0.3) is 0 Å². The summed E-state index contributed by atoms with van der Waals surface area (Å²) in [6.45, 7) is 3.57. The zero-order valence-electron chi connectivity index (χ0n) is 10.2. The van der Waals surface area contributed by atoms with Crippen molar-refractivity contribution < 1.29 is 17.9 Å². The lowest BCUT2D eigenvalue weighted by Gasteiger charge is -2.12. The number of rotatable bonds is 5. The second-order valence-corrected chi connectivity index (χ2v) is 5.35. The van der Waals surface area contributed by atoms with Gasteiger partial charge < -0.3 is 4.74 Å². The van der Waals surface area contributed by atoms with E-state index in [1.54, 1.807) is 25.1 Å². The van der Waals surface area contributed by atoms with Gasteiger partial charge in [-0.15, -0.1) is 4.83 Å². The van der Waals surface area contributed by atoms with E-state index in [9.17, 15) is 13.2 Å². The summed E-state index contributed by atoms with van der Waals surface area (Å²) in [5.74, 6) is 0. The molecule has 6 nitrogen and oxygen atoms in total. The molecule has 0 aliphatic rings. The van der Waals surface area contributed by atoms with Crippen molar-refractivity contribution >= 4 is 16.1 Å². The van der Waals surface area contributed by atoms with Gasteiger partial charge in [0.05, 0.1) is 4.90 Å². The Labute approximate surface area is 106 Å². The molecule has 100 valence electrons. The fraction of sp³-hybridized carbons (Fsp3) is 0.364. The summed E-state index contributed by atoms with van der Waals surface area (Å²) >= 11 is 0. The standard InChI is InChI=1S/C11H16N2O4S/c1-3-9(2)17-11(14)12-13-18(15,16)10-7-5-4-6-8-10/h4-9,13H,3H2,1-2H3,(H,12,14). The number of sulfonamides is 1. The molecule has 0 spiro atoms. The van der Waals surface area contributed by atoms with E-state index in [-0.39, 0.29) is 11.0 Å². The maximum atomic E-state index is 11.7. The molecule has 0 radical (unpaired) electrons. The van der Waals surface area contributed by atoms with Crippen molar-refractivity contribution in [3.05, 3.63) is 30.3 Å². The van der Waals surface area contributed by atoms with Gasteiger partial charge in [-0.2, -0.15) is 0 Å². The zero-order valence-corrected chi connectivity index (χ0v) is 11.0. The number of hydrogen-bond donors (Lipinski definition) is 2. The monoisotopic (exact) mass is 272 g/mol. The van der Waals surface area contributed by atoms with Crippen molar-refractivity contribution in [2.24, 2.45) is 0 Å². The van der Waals surface area contributed by atoms with Gasteiger partial charge in [0.1, 0.15) is 6.10 Å². The largest absolute Gasteiger partial charge is 0.446 e. The van der Waals surface area contributed by atoms with Crippen LogP contribution in [0, 0.1) is 0 Å². The van der Waals surface area contributed by atoms with Crippen LogP contribution in [0.3, 0.4) is 0 Å². The molecule has 0 heterocycles. The average Bonchev–Trinajstić information content (AvgIpc) is 2.37. The van der Waals surface area contributed by atoms with Crippen LogP contribution < -0.4 is 10.3 Å². The van der Waals surface area contributed by atoms with Gasteiger partial charge in [-0.3, -0.25) is 0 Å². The van der Waals surface area contributed by atoms with E-state index in [4.69, 9.17) is 4.74 Å². The van der Waals surface area contributed by atoms with Crippen LogP contribution in [0.2, 0.25) is 0 Å². The van der Waals surface area contributed by atoms with Crippen molar-refractivity contribution in [2.45, 2.75) is 31.3 Å². The van der Waals surface area contributed by atoms with Crippen LogP contribution in [0.1, 0.15) is 20.3 Å². The summed E-state index contributed by atoms with van der Waals surface area (Å²) in [5, 5.41) is 0. The molecule has 0 aliphatic heterocycles. The topological polar surface area (TPSA) is 84.5 Å². The first-order valence-corrected chi connectivity index (χ1v) is 6.97. The van der Waals surface area contributed by atoms with Gasteiger partial charge in [-0.1, -0.05) is 25.1 Å². The lowest BCUT2D eigenvalue weighted by molar-refractivity contribution is 0.103. The smallest absolute Gasteiger partial charge is 0.422 e. The molecule has 0 fully saturated rings. The predicted octanol–water partition coefficient (Wildman–Crippen LogP) is 1.40. The van der Waals surface area contributed by atoms with Crippen molar-refractivity contribution in [1.29, 1.82) is 0 Å². The number of carbonyl (C=O) groups excluding carboxylic acids is 1. The van der Waals surface area contributed by atoms with Crippen LogP contribution in [0.4, 0.5) is 4.79 Å². The number of ether oxygens (including phenoxy) is 1. The van der Waals surface area contributed by atoms with Crippen LogP contribution in [0.15, 0.2) is 35.2 Å². The lowest BCUT2D eigenvalue weighted by Crippen LogP contribution is -2.42. The molecule has 0 aromatic heterocycles. The minimum absolute atomic E-state index is 0.0637. The highest BCUT2D eigenvalue weighted by molar-refractivity contribution is 7.89. The van der Waals surface area contributed by atoms with E-state index in [0.29, 0.717) is 6.42 Å². The minimum atomic E-state index is -3.76. The van der Waals surface area contributed by atoms with Crippen LogP contribution in [0.5, 0.6) is 0 Å². The summed E-state index contributed by atoms with van der Waals surface area (Å²) in [7, 11) is -3.76. The first kappa shape index (κ1) is 14.5. The zero-order chi connectivity index (χ0) is 13.6. The van der Waals surface area contributed by atoms with Gasteiger partial charge in [-0.25, -0.2) is 18.6 Å². The molecule has 2 N–H and O–H groups in total. The molecule has 1 aromatic carbocycles. The Morgan fingerprint density at radius 3 is 2.50 bits per heavy atom. The molecule has 0 bridgehead atoms. The summed E-state index contributed by atoms with van der Waals surface area (Å²) in [6.07, 6.45) is -0.450. The first-order chi connectivity index (χ1) is 8.45. The Hall–Kier alpha value is -1.60. The number of amides is 1. The third-order valence-electron chi connectivity index (χ3n) is 2.22. The molecule has 7 heteroatoms. The third kappa shape index (κ3) is 4.34. The number of hydrogen-bond acceptors (Lipinski definition) is 4. The fourth-order valence-corrected chi connectivity index (χ4v) is 1.91. The Morgan fingerprint density at radius 2 is 1.94 bits per heavy atom. The van der Waals surface area contributed by atoms with Crippen LogP contribution >= 0.6 is 0 Å².